The number of ketones is 1. The Labute approximate surface area is 69.6 Å². The molecule has 0 aliphatic rings. The molecular weight excluding hydrogens is 138 g/mol. The molecule has 0 aromatic carbocycles. The maximum absolute atomic E-state index is 11.6. The van der Waals surface area contributed by atoms with E-state index in [4.69, 9.17) is 0 Å². The van der Waals surface area contributed by atoms with Crippen LogP contribution in [0.5, 0.6) is 0 Å². The van der Waals surface area contributed by atoms with Gasteiger partial charge in [-0.1, -0.05) is 13.8 Å². The van der Waals surface area contributed by atoms with E-state index in [2.05, 4.69) is 0 Å². The lowest BCUT2D eigenvalue weighted by Crippen LogP contribution is -2.47. The fourth-order valence-electron chi connectivity index (χ4n) is 0.927. The number of Topliss-reactive ketones (excluding diaryl/α,β-unsaturated/α-hetero) is 1. The molecule has 2 heteroatoms. The summed E-state index contributed by atoms with van der Waals surface area (Å²) in [5.74, 6) is 0.412. The molecule has 0 rings (SSSR count). The average molecular weight is 157 g/mol. The van der Waals surface area contributed by atoms with E-state index in [-0.39, 0.29) is 11.5 Å². The second-order valence-electron chi connectivity index (χ2n) is 3.97. The Morgan fingerprint density at radius 3 is 1.73 bits per heavy atom. The lowest BCUT2D eigenvalue weighted by atomic mass is 9.90. The van der Waals surface area contributed by atoms with Crippen molar-refractivity contribution in [3.63, 3.8) is 0 Å². The molecule has 0 amide bonds. The van der Waals surface area contributed by atoms with E-state index in [1.165, 1.54) is 0 Å². The number of carbonyl (C=O) groups excluding carboxylic acids is 1. The molecular formula is C9H19NO. The van der Waals surface area contributed by atoms with Crippen molar-refractivity contribution in [2.75, 3.05) is 14.1 Å². The SMILES string of the molecule is CC(C)C(=O)C(C)(C)N(C)C. The summed E-state index contributed by atoms with van der Waals surface area (Å²) in [6, 6.07) is 0. The van der Waals surface area contributed by atoms with Crippen molar-refractivity contribution < 1.29 is 4.79 Å². The quantitative estimate of drug-likeness (QED) is 0.619. The summed E-state index contributed by atoms with van der Waals surface area (Å²) in [4.78, 5) is 13.5. The maximum Gasteiger partial charge on any atom is 0.155 e. The number of carbonyl (C=O) groups is 1. The van der Waals surface area contributed by atoms with Crippen molar-refractivity contribution in [1.82, 2.24) is 4.90 Å². The topological polar surface area (TPSA) is 20.3 Å². The molecule has 0 N–H and O–H groups in total. The van der Waals surface area contributed by atoms with Gasteiger partial charge in [-0.05, 0) is 27.9 Å². The van der Waals surface area contributed by atoms with Gasteiger partial charge in [0.15, 0.2) is 5.78 Å². The zero-order valence-electron chi connectivity index (χ0n) is 8.43. The van der Waals surface area contributed by atoms with Crippen molar-refractivity contribution >= 4 is 5.78 Å². The number of likely N-dealkylation sites (N-methyl/N-ethyl adjacent to an activating group) is 1. The fourth-order valence-corrected chi connectivity index (χ4v) is 0.927. The first kappa shape index (κ1) is 10.6. The first-order valence-corrected chi connectivity index (χ1v) is 4.02. The van der Waals surface area contributed by atoms with Crippen LogP contribution in [0, 0.1) is 5.92 Å². The number of rotatable bonds is 3. The van der Waals surface area contributed by atoms with E-state index < -0.39 is 0 Å². The summed E-state index contributed by atoms with van der Waals surface area (Å²) in [7, 11) is 3.86. The highest BCUT2D eigenvalue weighted by molar-refractivity contribution is 5.89. The third-order valence-corrected chi connectivity index (χ3v) is 2.25. The molecule has 66 valence electrons. The summed E-state index contributed by atoms with van der Waals surface area (Å²) >= 11 is 0. The van der Waals surface area contributed by atoms with E-state index >= 15 is 0 Å². The van der Waals surface area contributed by atoms with Crippen LogP contribution >= 0.6 is 0 Å². The van der Waals surface area contributed by atoms with Crippen molar-refractivity contribution in [2.45, 2.75) is 33.2 Å². The van der Waals surface area contributed by atoms with Crippen molar-refractivity contribution in [1.29, 1.82) is 0 Å². The summed E-state index contributed by atoms with van der Waals surface area (Å²) in [6.07, 6.45) is 0. The van der Waals surface area contributed by atoms with Gasteiger partial charge >= 0.3 is 0 Å². The molecule has 0 atom stereocenters. The first-order chi connectivity index (χ1) is 4.80. The minimum Gasteiger partial charge on any atom is -0.298 e. The maximum atomic E-state index is 11.6. The molecule has 0 aromatic heterocycles. The predicted octanol–water partition coefficient (Wildman–Crippen LogP) is 1.55. The molecule has 11 heavy (non-hydrogen) atoms. The van der Waals surface area contributed by atoms with Gasteiger partial charge in [-0.3, -0.25) is 9.69 Å². The van der Waals surface area contributed by atoms with Crippen molar-refractivity contribution in [2.24, 2.45) is 5.92 Å². The molecule has 0 bridgehead atoms. The van der Waals surface area contributed by atoms with Gasteiger partial charge in [-0.25, -0.2) is 0 Å². The number of hydrogen-bond donors (Lipinski definition) is 0. The Morgan fingerprint density at radius 1 is 1.27 bits per heavy atom. The summed E-state index contributed by atoms with van der Waals surface area (Å²) in [5, 5.41) is 0. The van der Waals surface area contributed by atoms with Gasteiger partial charge in [0.1, 0.15) is 0 Å². The van der Waals surface area contributed by atoms with Gasteiger partial charge in [0.25, 0.3) is 0 Å². The Balaban J connectivity index is 4.43. The zero-order chi connectivity index (χ0) is 9.23. The van der Waals surface area contributed by atoms with Gasteiger partial charge in [0.05, 0.1) is 5.54 Å². The van der Waals surface area contributed by atoms with E-state index in [1.807, 2.05) is 46.7 Å². The van der Waals surface area contributed by atoms with Crippen LogP contribution in [0.15, 0.2) is 0 Å². The minimum absolute atomic E-state index is 0.118. The Kier molecular flexibility index (Phi) is 3.24. The highest BCUT2D eigenvalue weighted by Crippen LogP contribution is 2.16. The highest BCUT2D eigenvalue weighted by Gasteiger charge is 2.31. The molecule has 0 unspecified atom stereocenters. The van der Waals surface area contributed by atoms with Gasteiger partial charge < -0.3 is 0 Å². The smallest absolute Gasteiger partial charge is 0.155 e. The third-order valence-electron chi connectivity index (χ3n) is 2.25. The standard InChI is InChI=1S/C9H19NO/c1-7(2)8(11)9(3,4)10(5)6/h7H,1-6H3. The molecule has 0 fully saturated rings. The van der Waals surface area contributed by atoms with E-state index in [9.17, 15) is 4.79 Å². The second-order valence-corrected chi connectivity index (χ2v) is 3.97. The molecule has 0 spiro atoms. The lowest BCUT2D eigenvalue weighted by molar-refractivity contribution is -0.131. The van der Waals surface area contributed by atoms with Crippen LogP contribution in [0.25, 0.3) is 0 Å². The fraction of sp³-hybridized carbons (Fsp3) is 0.889. The van der Waals surface area contributed by atoms with Crippen LogP contribution in [0.2, 0.25) is 0 Å². The Hall–Kier alpha value is -0.370. The number of nitrogens with zero attached hydrogens (tertiary/aromatic N) is 1. The van der Waals surface area contributed by atoms with Crippen LogP contribution in [0.3, 0.4) is 0 Å². The molecule has 0 saturated carbocycles. The Morgan fingerprint density at radius 2 is 1.64 bits per heavy atom. The Bertz CT molecular complexity index is 148. The first-order valence-electron chi connectivity index (χ1n) is 4.02. The van der Waals surface area contributed by atoms with Crippen LogP contribution < -0.4 is 0 Å². The molecule has 0 radical (unpaired) electrons. The minimum atomic E-state index is -0.325. The molecule has 0 heterocycles. The second kappa shape index (κ2) is 3.35. The molecule has 0 aliphatic heterocycles. The van der Waals surface area contributed by atoms with E-state index in [0.29, 0.717) is 5.78 Å². The monoisotopic (exact) mass is 157 g/mol. The lowest BCUT2D eigenvalue weighted by Gasteiger charge is -2.32. The van der Waals surface area contributed by atoms with Crippen LogP contribution in [0.4, 0.5) is 0 Å². The van der Waals surface area contributed by atoms with Crippen molar-refractivity contribution in [3.05, 3.63) is 0 Å². The largest absolute Gasteiger partial charge is 0.298 e. The normalized spacial score (nSPS) is 12.7. The van der Waals surface area contributed by atoms with Gasteiger partial charge in [0.2, 0.25) is 0 Å². The van der Waals surface area contributed by atoms with Gasteiger partial charge in [0, 0.05) is 5.92 Å². The van der Waals surface area contributed by atoms with Crippen LogP contribution in [0.1, 0.15) is 27.7 Å². The van der Waals surface area contributed by atoms with Crippen molar-refractivity contribution in [3.8, 4) is 0 Å². The van der Waals surface area contributed by atoms with Gasteiger partial charge in [-0.15, -0.1) is 0 Å². The molecule has 0 saturated heterocycles. The third kappa shape index (κ3) is 2.29. The van der Waals surface area contributed by atoms with Crippen LogP contribution in [-0.2, 0) is 4.79 Å². The summed E-state index contributed by atoms with van der Waals surface area (Å²) in [5.41, 5.74) is -0.325. The van der Waals surface area contributed by atoms with E-state index in [1.54, 1.807) is 0 Å². The zero-order valence-corrected chi connectivity index (χ0v) is 8.43. The molecule has 0 aromatic rings. The average Bonchev–Trinajstić information content (AvgIpc) is 1.85. The summed E-state index contributed by atoms with van der Waals surface area (Å²) < 4.78 is 0. The molecule has 0 aliphatic carbocycles. The van der Waals surface area contributed by atoms with Crippen LogP contribution in [-0.4, -0.2) is 30.3 Å². The molecule has 2 nitrogen and oxygen atoms in total. The number of hydrogen-bond acceptors (Lipinski definition) is 2. The highest BCUT2D eigenvalue weighted by atomic mass is 16.1. The van der Waals surface area contributed by atoms with E-state index in [0.717, 1.165) is 0 Å². The van der Waals surface area contributed by atoms with Gasteiger partial charge in [-0.2, -0.15) is 0 Å². The predicted molar refractivity (Wildman–Crippen MR) is 47.6 cm³/mol. The summed E-state index contributed by atoms with van der Waals surface area (Å²) in [6.45, 7) is 7.78.